The Hall–Kier alpha value is -0.580. The molecule has 0 amide bonds. The Kier molecular flexibility index (Phi) is 2.66. The van der Waals surface area contributed by atoms with E-state index < -0.39 is 17.4 Å². The van der Waals surface area contributed by atoms with Crippen molar-refractivity contribution in [3.8, 4) is 0 Å². The highest BCUT2D eigenvalue weighted by Crippen LogP contribution is 2.37. The van der Waals surface area contributed by atoms with E-state index in [-0.39, 0.29) is 26.1 Å². The Bertz CT molecular complexity index is 204. The van der Waals surface area contributed by atoms with Crippen molar-refractivity contribution in [1.29, 1.82) is 0 Å². The van der Waals surface area contributed by atoms with Gasteiger partial charge in [-0.2, -0.15) is 13.2 Å². The van der Waals surface area contributed by atoms with Gasteiger partial charge in [-0.25, -0.2) is 0 Å². The van der Waals surface area contributed by atoms with E-state index in [1.165, 1.54) is 6.92 Å². The molecule has 0 radical (unpaired) electrons. The van der Waals surface area contributed by atoms with E-state index in [9.17, 15) is 18.0 Å². The zero-order chi connectivity index (χ0) is 10.1. The maximum Gasteiger partial charge on any atom is 0.450 e. The van der Waals surface area contributed by atoms with Crippen LogP contribution in [-0.2, 0) is 9.53 Å². The van der Waals surface area contributed by atoms with E-state index in [1.54, 1.807) is 0 Å². The summed E-state index contributed by atoms with van der Waals surface area (Å²) in [4.78, 5) is 11.0. The Morgan fingerprint density at radius 1 is 1.31 bits per heavy atom. The fraction of sp³-hybridized carbons (Fsp3) is 0.875. The average Bonchev–Trinajstić information content (AvgIpc) is 2.03. The zero-order valence-electron chi connectivity index (χ0n) is 7.28. The lowest BCUT2D eigenvalue weighted by Gasteiger charge is -2.32. The lowest BCUT2D eigenvalue weighted by Crippen LogP contribution is -2.42. The molecule has 0 saturated carbocycles. The second-order valence-electron chi connectivity index (χ2n) is 3.50. The molecule has 0 bridgehead atoms. The summed E-state index contributed by atoms with van der Waals surface area (Å²) in [5, 5.41) is 0. The van der Waals surface area contributed by atoms with Crippen molar-refractivity contribution in [2.24, 2.45) is 5.41 Å². The predicted molar refractivity (Wildman–Crippen MR) is 39.2 cm³/mol. The zero-order valence-corrected chi connectivity index (χ0v) is 7.28. The van der Waals surface area contributed by atoms with Crippen LogP contribution in [-0.4, -0.2) is 25.2 Å². The van der Waals surface area contributed by atoms with Crippen molar-refractivity contribution >= 4 is 5.78 Å². The molecule has 1 rings (SSSR count). The van der Waals surface area contributed by atoms with Crippen LogP contribution in [0.25, 0.3) is 0 Å². The molecule has 0 spiro atoms. The maximum atomic E-state index is 12.1. The molecule has 0 aromatic rings. The van der Waals surface area contributed by atoms with Crippen LogP contribution in [0.15, 0.2) is 0 Å². The van der Waals surface area contributed by atoms with Crippen molar-refractivity contribution in [3.05, 3.63) is 0 Å². The summed E-state index contributed by atoms with van der Waals surface area (Å²) in [6, 6.07) is 0. The third-order valence-corrected chi connectivity index (χ3v) is 2.40. The molecular weight excluding hydrogens is 185 g/mol. The number of rotatable bonds is 1. The monoisotopic (exact) mass is 196 g/mol. The number of ether oxygens (including phenoxy) is 1. The third kappa shape index (κ3) is 2.21. The minimum atomic E-state index is -4.72. The summed E-state index contributed by atoms with van der Waals surface area (Å²) in [6.07, 6.45) is -4.40. The summed E-state index contributed by atoms with van der Waals surface area (Å²) in [6.45, 7) is 1.82. The number of halogens is 3. The van der Waals surface area contributed by atoms with Gasteiger partial charge in [-0.1, -0.05) is 6.92 Å². The number of ketones is 1. The second-order valence-corrected chi connectivity index (χ2v) is 3.50. The smallest absolute Gasteiger partial charge is 0.381 e. The molecule has 2 nitrogen and oxygen atoms in total. The molecule has 0 atom stereocenters. The van der Waals surface area contributed by atoms with Crippen LogP contribution in [0.3, 0.4) is 0 Å². The van der Waals surface area contributed by atoms with E-state index in [0.29, 0.717) is 0 Å². The van der Waals surface area contributed by atoms with Gasteiger partial charge in [-0.3, -0.25) is 4.79 Å². The molecule has 0 aromatic heterocycles. The van der Waals surface area contributed by atoms with Crippen LogP contribution in [0, 0.1) is 5.41 Å². The van der Waals surface area contributed by atoms with Crippen LogP contribution in [0.5, 0.6) is 0 Å². The molecule has 13 heavy (non-hydrogen) atoms. The number of carbonyl (C=O) groups is 1. The third-order valence-electron chi connectivity index (χ3n) is 2.40. The topological polar surface area (TPSA) is 26.3 Å². The Morgan fingerprint density at radius 3 is 2.15 bits per heavy atom. The maximum absolute atomic E-state index is 12.1. The fourth-order valence-electron chi connectivity index (χ4n) is 1.39. The van der Waals surface area contributed by atoms with E-state index in [2.05, 4.69) is 0 Å². The molecule has 1 fully saturated rings. The number of hydrogen-bond acceptors (Lipinski definition) is 2. The van der Waals surface area contributed by atoms with Crippen LogP contribution in [0.4, 0.5) is 13.2 Å². The van der Waals surface area contributed by atoms with Crippen molar-refractivity contribution in [2.75, 3.05) is 13.2 Å². The van der Waals surface area contributed by atoms with E-state index in [4.69, 9.17) is 4.74 Å². The lowest BCUT2D eigenvalue weighted by atomic mass is 9.78. The summed E-state index contributed by atoms with van der Waals surface area (Å²) >= 11 is 0. The molecule has 0 aliphatic carbocycles. The van der Waals surface area contributed by atoms with E-state index >= 15 is 0 Å². The van der Waals surface area contributed by atoms with Crippen LogP contribution in [0.1, 0.15) is 19.8 Å². The van der Waals surface area contributed by atoms with Gasteiger partial charge in [0.05, 0.1) is 0 Å². The number of Topliss-reactive ketones (excluding diaryl/α,β-unsaturated/α-hetero) is 1. The highest BCUT2D eigenvalue weighted by molar-refractivity contribution is 5.89. The molecule has 0 unspecified atom stereocenters. The predicted octanol–water partition coefficient (Wildman–Crippen LogP) is 1.93. The number of hydrogen-bond donors (Lipinski definition) is 0. The molecule has 5 heteroatoms. The second kappa shape index (κ2) is 3.29. The minimum absolute atomic E-state index is 0.158. The highest BCUT2D eigenvalue weighted by atomic mass is 19.4. The molecule has 76 valence electrons. The van der Waals surface area contributed by atoms with Crippen LogP contribution >= 0.6 is 0 Å². The summed E-state index contributed by atoms with van der Waals surface area (Å²) in [5.74, 6) is -1.62. The molecule has 1 aliphatic rings. The van der Waals surface area contributed by atoms with Gasteiger partial charge >= 0.3 is 6.18 Å². The van der Waals surface area contributed by atoms with Gasteiger partial charge < -0.3 is 4.74 Å². The average molecular weight is 196 g/mol. The fourth-order valence-corrected chi connectivity index (χ4v) is 1.39. The highest BCUT2D eigenvalue weighted by Gasteiger charge is 2.50. The first kappa shape index (κ1) is 10.5. The standard InChI is InChI=1S/C8H11F3O2/c1-7(2-4-13-5-3-7)6(12)8(9,10)11/h2-5H2,1H3. The van der Waals surface area contributed by atoms with Gasteiger partial charge in [0.25, 0.3) is 0 Å². The summed E-state index contributed by atoms with van der Waals surface area (Å²) < 4.78 is 41.2. The van der Waals surface area contributed by atoms with Gasteiger partial charge in [0, 0.05) is 18.6 Å². The first-order valence-corrected chi connectivity index (χ1v) is 4.06. The summed E-state index contributed by atoms with van der Waals surface area (Å²) in [5.41, 5.74) is -1.27. The lowest BCUT2D eigenvalue weighted by molar-refractivity contribution is -0.185. The molecular formula is C8H11F3O2. The van der Waals surface area contributed by atoms with Crippen LogP contribution in [0.2, 0.25) is 0 Å². The minimum Gasteiger partial charge on any atom is -0.381 e. The van der Waals surface area contributed by atoms with Gasteiger partial charge in [-0.15, -0.1) is 0 Å². The van der Waals surface area contributed by atoms with Gasteiger partial charge in [-0.05, 0) is 12.8 Å². The SMILES string of the molecule is CC1(C(=O)C(F)(F)F)CCOCC1. The molecule has 1 saturated heterocycles. The van der Waals surface area contributed by atoms with Gasteiger partial charge in [0.2, 0.25) is 5.78 Å². The van der Waals surface area contributed by atoms with Crippen molar-refractivity contribution in [3.63, 3.8) is 0 Å². The van der Waals surface area contributed by atoms with E-state index in [1.807, 2.05) is 0 Å². The van der Waals surface area contributed by atoms with Crippen molar-refractivity contribution in [2.45, 2.75) is 25.9 Å². The van der Waals surface area contributed by atoms with Gasteiger partial charge in [0.15, 0.2) is 0 Å². The number of carbonyl (C=O) groups excluding carboxylic acids is 1. The molecule has 1 heterocycles. The Balaban J connectivity index is 2.73. The molecule has 1 aliphatic heterocycles. The quantitative estimate of drug-likeness (QED) is 0.640. The van der Waals surface area contributed by atoms with Crippen LogP contribution < -0.4 is 0 Å². The van der Waals surface area contributed by atoms with Crippen molar-refractivity contribution < 1.29 is 22.7 Å². The number of alkyl halides is 3. The van der Waals surface area contributed by atoms with E-state index in [0.717, 1.165) is 0 Å². The first-order valence-electron chi connectivity index (χ1n) is 4.06. The van der Waals surface area contributed by atoms with Crippen molar-refractivity contribution in [1.82, 2.24) is 0 Å². The Labute approximate surface area is 74.1 Å². The largest absolute Gasteiger partial charge is 0.450 e. The first-order chi connectivity index (χ1) is 5.86. The molecule has 0 N–H and O–H groups in total. The van der Waals surface area contributed by atoms with Gasteiger partial charge in [0.1, 0.15) is 0 Å². The normalized spacial score (nSPS) is 22.8. The summed E-state index contributed by atoms with van der Waals surface area (Å²) in [7, 11) is 0. The Morgan fingerprint density at radius 2 is 1.77 bits per heavy atom. The molecule has 0 aromatic carbocycles.